The van der Waals surface area contributed by atoms with Gasteiger partial charge in [-0.1, -0.05) is 30.9 Å². The number of nitrogens with zero attached hydrogens (tertiary/aromatic N) is 6. The first-order valence-corrected chi connectivity index (χ1v) is 12.0. The lowest BCUT2D eigenvalue weighted by molar-refractivity contribution is 0.00361. The van der Waals surface area contributed by atoms with E-state index >= 15 is 0 Å². The molecule has 3 fully saturated rings. The summed E-state index contributed by atoms with van der Waals surface area (Å²) in [6, 6.07) is 0. The van der Waals surface area contributed by atoms with E-state index in [0.717, 1.165) is 83.6 Å². The van der Waals surface area contributed by atoms with E-state index in [0.29, 0.717) is 28.8 Å². The molecule has 0 aromatic carbocycles. The van der Waals surface area contributed by atoms with Crippen molar-refractivity contribution in [3.63, 3.8) is 0 Å². The van der Waals surface area contributed by atoms with E-state index in [4.69, 9.17) is 32.4 Å². The quantitative estimate of drug-likeness (QED) is 0.590. The molecule has 31 heavy (non-hydrogen) atoms. The third kappa shape index (κ3) is 4.26. The van der Waals surface area contributed by atoms with Gasteiger partial charge in [-0.05, 0) is 25.7 Å². The Bertz CT molecular complexity index is 831. The van der Waals surface area contributed by atoms with Crippen LogP contribution in [0.1, 0.15) is 56.3 Å². The molecule has 4 N–H and O–H groups in total. The molecule has 1 aromatic rings. The number of fused-ring (bicyclic) bond motifs is 1. The van der Waals surface area contributed by atoms with Crippen LogP contribution in [0.15, 0.2) is 4.99 Å². The van der Waals surface area contributed by atoms with E-state index < -0.39 is 5.60 Å². The van der Waals surface area contributed by atoms with Crippen LogP contribution in [-0.2, 0) is 6.42 Å². The van der Waals surface area contributed by atoms with Crippen molar-refractivity contribution in [2.45, 2.75) is 63.3 Å². The summed E-state index contributed by atoms with van der Waals surface area (Å²) < 4.78 is 0. The zero-order chi connectivity index (χ0) is 21.4. The summed E-state index contributed by atoms with van der Waals surface area (Å²) in [6.45, 7) is 5.48. The highest BCUT2D eigenvalue weighted by atomic mass is 35.5. The van der Waals surface area contributed by atoms with Gasteiger partial charge in [0.25, 0.3) is 0 Å². The minimum atomic E-state index is -0.761. The van der Waals surface area contributed by atoms with Gasteiger partial charge in [0, 0.05) is 45.7 Å². The maximum Gasteiger partial charge on any atom is 0.195 e. The van der Waals surface area contributed by atoms with Crippen molar-refractivity contribution in [3.8, 4) is 0 Å². The van der Waals surface area contributed by atoms with Crippen LogP contribution in [0.4, 0.5) is 5.82 Å². The van der Waals surface area contributed by atoms with Crippen molar-refractivity contribution in [2.24, 2.45) is 10.8 Å². The van der Waals surface area contributed by atoms with Crippen LogP contribution in [0.3, 0.4) is 0 Å². The van der Waals surface area contributed by atoms with Crippen LogP contribution in [-0.4, -0.2) is 81.9 Å². The SMILES string of the molecule is NN1c2nc(CC3(O)CCCCC3)c(Cl)nc2C(N2CCCC2)=NC1N1CCNCC1. The Kier molecular flexibility index (Phi) is 6.04. The number of hydrazine groups is 1. The fraction of sp³-hybridized carbons (Fsp3) is 0.762. The molecule has 0 amide bonds. The Morgan fingerprint density at radius 3 is 2.45 bits per heavy atom. The van der Waals surface area contributed by atoms with Crippen LogP contribution in [0, 0.1) is 0 Å². The number of anilines is 1. The van der Waals surface area contributed by atoms with Gasteiger partial charge in [-0.25, -0.2) is 20.8 Å². The van der Waals surface area contributed by atoms with E-state index in [9.17, 15) is 5.11 Å². The summed E-state index contributed by atoms with van der Waals surface area (Å²) in [4.78, 5) is 19.2. The Hall–Kier alpha value is -1.52. The van der Waals surface area contributed by atoms with Crippen LogP contribution in [0.25, 0.3) is 0 Å². The number of aromatic nitrogens is 2. The predicted octanol–water partition coefficient (Wildman–Crippen LogP) is 1.09. The number of rotatable bonds is 3. The molecule has 4 aliphatic rings. The van der Waals surface area contributed by atoms with Gasteiger partial charge in [-0.15, -0.1) is 0 Å². The van der Waals surface area contributed by atoms with Gasteiger partial charge in [0.05, 0.1) is 11.3 Å². The smallest absolute Gasteiger partial charge is 0.195 e. The highest BCUT2D eigenvalue weighted by molar-refractivity contribution is 6.30. The highest BCUT2D eigenvalue weighted by Gasteiger charge is 2.38. The summed E-state index contributed by atoms with van der Waals surface area (Å²) in [5.74, 6) is 8.06. The number of nitrogens with two attached hydrogens (primary N) is 1. The number of halogens is 1. The molecule has 170 valence electrons. The number of aliphatic imine (C=N–C) groups is 1. The van der Waals surface area contributed by atoms with Gasteiger partial charge in [0.2, 0.25) is 0 Å². The maximum atomic E-state index is 11.1. The molecule has 1 aromatic heterocycles. The molecule has 10 heteroatoms. The van der Waals surface area contributed by atoms with Crippen molar-refractivity contribution >= 4 is 23.3 Å². The number of piperazine rings is 1. The summed E-state index contributed by atoms with van der Waals surface area (Å²) in [5.41, 5.74) is 0.519. The summed E-state index contributed by atoms with van der Waals surface area (Å²) in [6.07, 6.45) is 7.18. The second-order valence-electron chi connectivity index (χ2n) is 9.28. The Morgan fingerprint density at radius 2 is 1.74 bits per heavy atom. The molecule has 1 saturated carbocycles. The van der Waals surface area contributed by atoms with Crippen molar-refractivity contribution < 1.29 is 5.11 Å². The topological polar surface area (TPSA) is 106 Å². The minimum absolute atomic E-state index is 0.314. The summed E-state index contributed by atoms with van der Waals surface area (Å²) >= 11 is 6.61. The standard InChI is InChI=1S/C21H33ClN8O/c22-17-15(14-21(31)6-2-1-3-7-21)25-19-16(26-17)18(28-10-4-5-11-28)27-20(30(19)23)29-12-8-24-9-13-29/h20,24,31H,1-14,23H2. The largest absolute Gasteiger partial charge is 0.389 e. The normalized spacial score (nSPS) is 26.7. The number of nitrogens with one attached hydrogen (secondary N) is 1. The van der Waals surface area contributed by atoms with Gasteiger partial charge >= 0.3 is 0 Å². The van der Waals surface area contributed by atoms with Gasteiger partial charge in [-0.2, -0.15) is 0 Å². The van der Waals surface area contributed by atoms with Crippen molar-refractivity contribution in [1.82, 2.24) is 25.1 Å². The van der Waals surface area contributed by atoms with Gasteiger partial charge in [0.15, 0.2) is 28.8 Å². The highest BCUT2D eigenvalue weighted by Crippen LogP contribution is 2.35. The monoisotopic (exact) mass is 448 g/mol. The fourth-order valence-electron chi connectivity index (χ4n) is 5.25. The molecule has 3 aliphatic heterocycles. The minimum Gasteiger partial charge on any atom is -0.389 e. The number of amidine groups is 1. The van der Waals surface area contributed by atoms with E-state index in [1.54, 1.807) is 5.01 Å². The van der Waals surface area contributed by atoms with Crippen molar-refractivity contribution in [2.75, 3.05) is 44.3 Å². The summed E-state index contributed by atoms with van der Waals surface area (Å²) in [7, 11) is 0. The molecule has 2 saturated heterocycles. The van der Waals surface area contributed by atoms with Crippen molar-refractivity contribution in [3.05, 3.63) is 16.5 Å². The second-order valence-corrected chi connectivity index (χ2v) is 9.64. The maximum absolute atomic E-state index is 11.1. The van der Waals surface area contributed by atoms with Gasteiger partial charge in [0.1, 0.15) is 0 Å². The van der Waals surface area contributed by atoms with Crippen LogP contribution in [0.2, 0.25) is 5.15 Å². The number of aliphatic hydroxyl groups is 1. The fourth-order valence-corrected chi connectivity index (χ4v) is 5.45. The molecule has 9 nitrogen and oxygen atoms in total. The molecule has 0 spiro atoms. The molecule has 1 atom stereocenters. The first kappa shape index (κ1) is 21.3. The lowest BCUT2D eigenvalue weighted by atomic mass is 9.82. The Balaban J connectivity index is 1.51. The zero-order valence-electron chi connectivity index (χ0n) is 18.1. The average Bonchev–Trinajstić information content (AvgIpc) is 3.31. The molecule has 0 radical (unpaired) electrons. The molecule has 5 rings (SSSR count). The van der Waals surface area contributed by atoms with Gasteiger partial charge < -0.3 is 15.3 Å². The van der Waals surface area contributed by atoms with Crippen LogP contribution < -0.4 is 16.2 Å². The van der Waals surface area contributed by atoms with Gasteiger partial charge in [-0.3, -0.25) is 9.91 Å². The average molecular weight is 449 g/mol. The first-order valence-electron chi connectivity index (χ1n) is 11.6. The molecular weight excluding hydrogens is 416 g/mol. The zero-order valence-corrected chi connectivity index (χ0v) is 18.8. The van der Waals surface area contributed by atoms with Crippen LogP contribution >= 0.6 is 11.6 Å². The Labute approximate surface area is 188 Å². The first-order chi connectivity index (χ1) is 15.0. The van der Waals surface area contributed by atoms with E-state index in [-0.39, 0.29) is 6.29 Å². The third-order valence-electron chi connectivity index (χ3n) is 7.01. The lowest BCUT2D eigenvalue weighted by Crippen LogP contribution is -2.59. The van der Waals surface area contributed by atoms with E-state index in [2.05, 4.69) is 15.1 Å². The second kappa shape index (κ2) is 8.78. The van der Waals surface area contributed by atoms with E-state index in [1.807, 2.05) is 0 Å². The molecule has 0 bridgehead atoms. The lowest BCUT2D eigenvalue weighted by Gasteiger charge is -2.41. The molecular formula is C21H33ClN8O. The number of likely N-dealkylation sites (tertiary alicyclic amines) is 1. The molecule has 4 heterocycles. The number of hydrogen-bond acceptors (Lipinski definition) is 9. The predicted molar refractivity (Wildman–Crippen MR) is 121 cm³/mol. The Morgan fingerprint density at radius 1 is 1.03 bits per heavy atom. The van der Waals surface area contributed by atoms with E-state index in [1.165, 1.54) is 6.42 Å². The molecule has 1 aliphatic carbocycles. The number of hydrogen-bond donors (Lipinski definition) is 3. The van der Waals surface area contributed by atoms with Crippen LogP contribution in [0.5, 0.6) is 0 Å². The molecule has 1 unspecified atom stereocenters. The summed E-state index contributed by atoms with van der Waals surface area (Å²) in [5, 5.41) is 16.5. The third-order valence-corrected chi connectivity index (χ3v) is 7.31. The van der Waals surface area contributed by atoms with Crippen molar-refractivity contribution in [1.29, 1.82) is 0 Å².